The molecule has 2 bridgehead atoms. The maximum atomic E-state index is 16.3. The molecule has 2 unspecified atom stereocenters. The summed E-state index contributed by atoms with van der Waals surface area (Å²) in [5, 5.41) is 4.53. The number of nitrogens with zero attached hydrogens (tertiary/aromatic N) is 3. The van der Waals surface area contributed by atoms with E-state index < -0.39 is 17.5 Å². The highest BCUT2D eigenvalue weighted by atomic mass is 35.5. The van der Waals surface area contributed by atoms with Crippen LogP contribution in [0, 0.1) is 36.7 Å². The summed E-state index contributed by atoms with van der Waals surface area (Å²) in [5.41, 5.74) is 5.91. The predicted octanol–water partition coefficient (Wildman–Crippen LogP) is 5.33. The Labute approximate surface area is 210 Å². The van der Waals surface area contributed by atoms with Crippen LogP contribution in [0.1, 0.15) is 24.0 Å². The number of hydrogen-bond donors (Lipinski definition) is 2. The number of hydrogen-bond acceptors (Lipinski definition) is 5. The summed E-state index contributed by atoms with van der Waals surface area (Å²) in [4.78, 5) is 11.1. The van der Waals surface area contributed by atoms with Gasteiger partial charge in [0, 0.05) is 58.5 Å². The lowest BCUT2D eigenvalue weighted by Crippen LogP contribution is -2.51. The average Bonchev–Trinajstić information content (AvgIpc) is 3.20. The molecule has 2 aliphatic rings. The summed E-state index contributed by atoms with van der Waals surface area (Å²) in [6, 6.07) is 4.22. The van der Waals surface area contributed by atoms with Gasteiger partial charge in [-0.1, -0.05) is 17.5 Å². The number of nitrogen functional groups attached to an aromatic ring is 1. The van der Waals surface area contributed by atoms with Crippen molar-refractivity contribution < 1.29 is 13.2 Å². The smallest absolute Gasteiger partial charge is 0.157 e. The van der Waals surface area contributed by atoms with E-state index >= 15 is 4.39 Å². The largest absolute Gasteiger partial charge is 0.396 e. The molecule has 2 atom stereocenters. The van der Waals surface area contributed by atoms with Crippen LogP contribution in [0.2, 0.25) is 5.15 Å². The maximum Gasteiger partial charge on any atom is 0.157 e. The zero-order valence-electron chi connectivity index (χ0n) is 19.3. The topological polar surface area (TPSA) is 67.1 Å². The minimum atomic E-state index is -0.759. The normalized spacial score (nSPS) is 19.3. The first-order valence-electron chi connectivity index (χ1n) is 11.6. The quantitative estimate of drug-likeness (QED) is 0.218. The Kier molecular flexibility index (Phi) is 5.25. The van der Waals surface area contributed by atoms with Crippen molar-refractivity contribution in [1.82, 2.24) is 15.3 Å². The van der Waals surface area contributed by atoms with E-state index in [2.05, 4.69) is 26.1 Å². The van der Waals surface area contributed by atoms with Crippen LogP contribution in [0.15, 0.2) is 24.4 Å². The van der Waals surface area contributed by atoms with Crippen LogP contribution in [0.5, 0.6) is 0 Å². The number of terminal acetylenes is 1. The third kappa shape index (κ3) is 3.30. The van der Waals surface area contributed by atoms with E-state index in [0.29, 0.717) is 28.9 Å². The number of fused-ring (bicyclic) bond motifs is 4. The Balaban J connectivity index is 1.63. The Morgan fingerprint density at radius 2 is 1.83 bits per heavy atom. The lowest BCUT2D eigenvalue weighted by atomic mass is 9.94. The number of aromatic nitrogens is 2. The zero-order chi connectivity index (χ0) is 25.3. The van der Waals surface area contributed by atoms with Crippen LogP contribution in [-0.4, -0.2) is 35.1 Å². The molecule has 2 aromatic heterocycles. The molecule has 9 heteroatoms. The fraction of sp³-hybridized carbons (Fsp3) is 0.259. The lowest BCUT2D eigenvalue weighted by molar-refractivity contribution is 0.464. The van der Waals surface area contributed by atoms with Crippen molar-refractivity contribution in [2.45, 2.75) is 31.8 Å². The molecular formula is C27H21ClF3N5. The highest BCUT2D eigenvalue weighted by Gasteiger charge is 2.34. The monoisotopic (exact) mass is 507 g/mol. The van der Waals surface area contributed by atoms with Gasteiger partial charge in [0.1, 0.15) is 22.5 Å². The van der Waals surface area contributed by atoms with Gasteiger partial charge in [-0.05, 0) is 43.5 Å². The van der Waals surface area contributed by atoms with Crippen molar-refractivity contribution in [3.05, 3.63) is 58.1 Å². The first-order valence-corrected chi connectivity index (χ1v) is 12.0. The highest BCUT2D eigenvalue weighted by molar-refractivity contribution is 6.31. The number of nitrogens with one attached hydrogen (secondary N) is 1. The van der Waals surface area contributed by atoms with Gasteiger partial charge >= 0.3 is 0 Å². The van der Waals surface area contributed by atoms with E-state index in [0.717, 1.165) is 32.0 Å². The second-order valence-electron chi connectivity index (χ2n) is 9.42. The van der Waals surface area contributed by atoms with Crippen LogP contribution in [0.4, 0.5) is 24.7 Å². The molecule has 3 N–H and O–H groups in total. The van der Waals surface area contributed by atoms with Gasteiger partial charge in [-0.3, -0.25) is 4.98 Å². The molecule has 2 aromatic carbocycles. The SMILES string of the molecule is C#Cc1c(F)ccc2c(F)c(N)cc(-c3ncc4c(N5CC6CCC(C5)N6)nc(Cl)c(C)c4c3F)c12. The third-order valence-corrected chi connectivity index (χ3v) is 7.65. The third-order valence-electron chi connectivity index (χ3n) is 7.28. The van der Waals surface area contributed by atoms with Gasteiger partial charge in [0.25, 0.3) is 0 Å². The number of anilines is 2. The Hall–Kier alpha value is -3.54. The minimum Gasteiger partial charge on any atom is -0.396 e. The molecule has 2 aliphatic heterocycles. The van der Waals surface area contributed by atoms with Crippen molar-refractivity contribution in [3.8, 4) is 23.6 Å². The number of halogens is 4. The Morgan fingerprint density at radius 3 is 2.53 bits per heavy atom. The number of aryl methyl sites for hydroxylation is 1. The molecule has 0 aliphatic carbocycles. The van der Waals surface area contributed by atoms with E-state index in [-0.39, 0.29) is 43.8 Å². The van der Waals surface area contributed by atoms with Gasteiger partial charge in [0.2, 0.25) is 0 Å². The van der Waals surface area contributed by atoms with Gasteiger partial charge < -0.3 is 16.0 Å². The van der Waals surface area contributed by atoms with Crippen molar-refractivity contribution in [2.24, 2.45) is 0 Å². The fourth-order valence-electron chi connectivity index (χ4n) is 5.58. The molecule has 0 radical (unpaired) electrons. The van der Waals surface area contributed by atoms with E-state index in [1.807, 2.05) is 0 Å². The average molecular weight is 508 g/mol. The van der Waals surface area contributed by atoms with E-state index in [1.165, 1.54) is 18.3 Å². The first kappa shape index (κ1) is 22.9. The predicted molar refractivity (Wildman–Crippen MR) is 137 cm³/mol. The molecule has 0 spiro atoms. The zero-order valence-corrected chi connectivity index (χ0v) is 20.1. The molecule has 36 heavy (non-hydrogen) atoms. The molecule has 2 fully saturated rings. The van der Waals surface area contributed by atoms with Crippen LogP contribution in [-0.2, 0) is 0 Å². The summed E-state index contributed by atoms with van der Waals surface area (Å²) >= 11 is 6.49. The summed E-state index contributed by atoms with van der Waals surface area (Å²) in [5.74, 6) is 0.656. The molecule has 0 saturated carbocycles. The molecule has 182 valence electrons. The fourth-order valence-corrected chi connectivity index (χ4v) is 5.75. The second kappa shape index (κ2) is 8.26. The standard InChI is InChI=1S/C27H21ClF3N5/c1-3-15-19(29)7-6-16-22(15)17(8-20(32)23(16)30)25-24(31)21-12(2)26(28)35-27(18(21)9-33-25)36-10-13-4-5-14(11-36)34-13/h1,6-9,13-14,34H,4-5,10-11,32H2,2H3. The summed E-state index contributed by atoms with van der Waals surface area (Å²) in [6.07, 6.45) is 9.24. The van der Waals surface area contributed by atoms with Crippen molar-refractivity contribution in [3.63, 3.8) is 0 Å². The van der Waals surface area contributed by atoms with E-state index in [1.54, 1.807) is 6.92 Å². The van der Waals surface area contributed by atoms with Gasteiger partial charge in [-0.15, -0.1) is 6.42 Å². The van der Waals surface area contributed by atoms with Crippen molar-refractivity contribution >= 4 is 44.7 Å². The Bertz CT molecular complexity index is 1620. The van der Waals surface area contributed by atoms with Gasteiger partial charge in [-0.25, -0.2) is 18.2 Å². The number of piperazine rings is 1. The minimum absolute atomic E-state index is 0.0119. The molecule has 4 heterocycles. The van der Waals surface area contributed by atoms with Crippen molar-refractivity contribution in [2.75, 3.05) is 23.7 Å². The molecular weight excluding hydrogens is 487 g/mol. The van der Waals surface area contributed by atoms with Gasteiger partial charge in [0.15, 0.2) is 11.6 Å². The number of benzene rings is 2. The molecule has 6 rings (SSSR count). The highest BCUT2D eigenvalue weighted by Crippen LogP contribution is 2.41. The maximum absolute atomic E-state index is 16.3. The number of rotatable bonds is 2. The van der Waals surface area contributed by atoms with Crippen LogP contribution >= 0.6 is 11.6 Å². The summed E-state index contributed by atoms with van der Waals surface area (Å²) in [6.45, 7) is 3.13. The van der Waals surface area contributed by atoms with Crippen molar-refractivity contribution in [1.29, 1.82) is 0 Å². The molecule has 0 amide bonds. The van der Waals surface area contributed by atoms with E-state index in [4.69, 9.17) is 23.8 Å². The van der Waals surface area contributed by atoms with Crippen LogP contribution in [0.3, 0.4) is 0 Å². The molecule has 4 aromatic rings. The molecule has 2 saturated heterocycles. The second-order valence-corrected chi connectivity index (χ2v) is 9.78. The van der Waals surface area contributed by atoms with Crippen LogP contribution < -0.4 is 16.0 Å². The van der Waals surface area contributed by atoms with Crippen LogP contribution in [0.25, 0.3) is 32.8 Å². The summed E-state index contributed by atoms with van der Waals surface area (Å²) < 4.78 is 45.8. The first-order chi connectivity index (χ1) is 17.3. The Morgan fingerprint density at radius 1 is 1.11 bits per heavy atom. The summed E-state index contributed by atoms with van der Waals surface area (Å²) in [7, 11) is 0. The van der Waals surface area contributed by atoms with E-state index in [9.17, 15) is 8.78 Å². The van der Waals surface area contributed by atoms with Gasteiger partial charge in [-0.2, -0.15) is 0 Å². The lowest BCUT2D eigenvalue weighted by Gasteiger charge is -2.34. The number of pyridine rings is 2. The van der Waals surface area contributed by atoms with Gasteiger partial charge in [0.05, 0.1) is 11.3 Å². The number of nitrogens with two attached hydrogens (primary N) is 1. The molecule has 5 nitrogen and oxygen atoms in total.